The van der Waals surface area contributed by atoms with E-state index in [0.717, 1.165) is 0 Å². The lowest BCUT2D eigenvalue weighted by atomic mass is 10.1. The predicted octanol–water partition coefficient (Wildman–Crippen LogP) is -0.384. The van der Waals surface area contributed by atoms with E-state index in [1.54, 1.807) is 0 Å². The highest BCUT2D eigenvalue weighted by molar-refractivity contribution is 6.29. The number of rotatable bonds is 1. The Morgan fingerprint density at radius 1 is 1.70 bits per heavy atom. The van der Waals surface area contributed by atoms with Crippen LogP contribution in [0, 0.1) is 0 Å². The molecule has 1 N–H and O–H groups in total. The van der Waals surface area contributed by atoms with Crippen molar-refractivity contribution in [3.63, 3.8) is 0 Å². The molecule has 10 heavy (non-hydrogen) atoms. The predicted molar refractivity (Wildman–Crippen MR) is 37.7 cm³/mol. The summed E-state index contributed by atoms with van der Waals surface area (Å²) in [6.45, 7) is 0. The van der Waals surface area contributed by atoms with Crippen LogP contribution in [0.25, 0.3) is 0 Å². The van der Waals surface area contributed by atoms with Gasteiger partial charge in [0.2, 0.25) is 16.3 Å². The minimum absolute atomic E-state index is 0.109. The van der Waals surface area contributed by atoms with Crippen molar-refractivity contribution in [2.24, 2.45) is 0 Å². The topological polar surface area (TPSA) is 54.4 Å². The molecule has 0 radical (unpaired) electrons. The van der Waals surface area contributed by atoms with Gasteiger partial charge in [0.25, 0.3) is 5.97 Å². The van der Waals surface area contributed by atoms with Crippen LogP contribution in [0.2, 0.25) is 4.28 Å². The van der Waals surface area contributed by atoms with E-state index < -0.39 is 10.2 Å². The number of carboxylic acids is 1. The fraction of sp³-hybridized carbons (Fsp3) is 0.667. The van der Waals surface area contributed by atoms with Crippen molar-refractivity contribution in [2.45, 2.75) is 23.5 Å². The Morgan fingerprint density at radius 3 is 2.50 bits per heavy atom. The molecule has 4 heteroatoms. The zero-order valence-electron chi connectivity index (χ0n) is 5.89. The van der Waals surface area contributed by atoms with Gasteiger partial charge in [-0.2, -0.15) is 0 Å². The molecule has 3 nitrogen and oxygen atoms in total. The Kier molecular flexibility index (Phi) is 1.84. The minimum atomic E-state index is -0.787. The third-order valence-corrected chi connectivity index (χ3v) is 3.34. The molecule has 0 aliphatic heterocycles. The van der Waals surface area contributed by atoms with E-state index in [0.29, 0.717) is 29.1 Å². The van der Waals surface area contributed by atoms with Gasteiger partial charge in [0.15, 0.2) is 0 Å². The molecule has 1 unspecified atom stereocenters. The number of ketones is 1. The molecule has 1 aliphatic carbocycles. The average Bonchev–Trinajstić information content (AvgIpc) is 2.13. The molecule has 54 valence electrons. The zero-order chi connectivity index (χ0) is 7.78. The molecule has 0 bridgehead atoms. The molecule has 0 aromatic carbocycles. The summed E-state index contributed by atoms with van der Waals surface area (Å²) in [5.74, 6) is -0.678. The maximum Gasteiger partial charge on any atom is 0.295 e. The van der Waals surface area contributed by atoms with Crippen molar-refractivity contribution < 1.29 is 14.7 Å². The van der Waals surface area contributed by atoms with Crippen LogP contribution in [-0.2, 0) is 9.59 Å². The molecule has 1 saturated carbocycles. The number of hydrogen-bond donors (Lipinski definition) is 1. The first-order valence-corrected chi connectivity index (χ1v) is 4.30. The number of Topliss-reactive ketones (excluding diaryl/α,β-unsaturated/α-hetero) is 1. The number of carbonyl (C=O) groups excluding carboxylic acids is 1. The maximum absolute atomic E-state index is 10.7. The molecular weight excluding hydrogens is 147 g/mol. The van der Waals surface area contributed by atoms with E-state index >= 15 is 0 Å². The van der Waals surface area contributed by atoms with Crippen LogP contribution < -0.4 is 0 Å². The summed E-state index contributed by atoms with van der Waals surface area (Å²) in [6, 6.07) is 0. The Bertz CT molecular complexity index is 189. The van der Waals surface area contributed by atoms with E-state index in [2.05, 4.69) is 0 Å². The molecule has 1 rings (SSSR count). The van der Waals surface area contributed by atoms with Gasteiger partial charge in [-0.1, -0.05) is 0 Å². The third kappa shape index (κ3) is 1.23. The fourth-order valence-corrected chi connectivity index (χ4v) is 1.85. The quantitative estimate of drug-likeness (QED) is 0.526. The van der Waals surface area contributed by atoms with Crippen LogP contribution >= 0.6 is 0 Å². The molecule has 0 spiro atoms. The molecule has 1 aliphatic rings. The lowest BCUT2D eigenvalue weighted by molar-refractivity contribution is -0.141. The van der Waals surface area contributed by atoms with Crippen molar-refractivity contribution >= 4 is 28.0 Å². The van der Waals surface area contributed by atoms with Gasteiger partial charge in [-0.25, -0.2) is 0 Å². The summed E-state index contributed by atoms with van der Waals surface area (Å²) >= 11 is 0.584. The van der Waals surface area contributed by atoms with Crippen molar-refractivity contribution in [3.8, 4) is 0 Å². The van der Waals surface area contributed by atoms with Crippen LogP contribution in [0.15, 0.2) is 0 Å². The van der Waals surface area contributed by atoms with E-state index in [1.165, 1.54) is 0 Å². The number of carbonyl (C=O) groups is 2. The largest absolute Gasteiger partial charge is 0.482 e. The van der Waals surface area contributed by atoms with Crippen molar-refractivity contribution in [1.29, 1.82) is 0 Å². The van der Waals surface area contributed by atoms with E-state index in [9.17, 15) is 9.59 Å². The standard InChI is InChI=1S/C6H7O3.Al.2H/c7-5-2-1-4(3-5)6(8)9;;;/h1-3H2,(H,8,9);;;. The molecule has 0 amide bonds. The van der Waals surface area contributed by atoms with E-state index in [4.69, 9.17) is 5.11 Å². The van der Waals surface area contributed by atoms with Crippen molar-refractivity contribution in [1.82, 2.24) is 0 Å². The second-order valence-corrected chi connectivity index (χ2v) is 5.00. The van der Waals surface area contributed by atoms with Gasteiger partial charge < -0.3 is 5.11 Å². The first kappa shape index (κ1) is 7.78. The summed E-state index contributed by atoms with van der Waals surface area (Å²) in [5, 5.41) is 8.67. The highest BCUT2D eigenvalue weighted by Crippen LogP contribution is 2.39. The lowest BCUT2D eigenvalue weighted by Gasteiger charge is -2.14. The van der Waals surface area contributed by atoms with Gasteiger partial charge in [0, 0.05) is 17.1 Å². The minimum Gasteiger partial charge on any atom is -0.482 e. The maximum atomic E-state index is 10.7. The number of aliphatic carboxylic acids is 1. The van der Waals surface area contributed by atoms with E-state index in [-0.39, 0.29) is 12.2 Å². The molecule has 0 heterocycles. The summed E-state index contributed by atoms with van der Waals surface area (Å²) in [7, 11) is 0. The number of carboxylic acid groups (broad SMARTS) is 1. The molecule has 1 fully saturated rings. The fourth-order valence-electron chi connectivity index (χ4n) is 1.21. The molecular formula is C6H9AlO3. The normalized spacial score (nSPS) is 32.6. The Balaban J connectivity index is 2.72. The molecule has 1 atom stereocenters. The Morgan fingerprint density at radius 2 is 2.30 bits per heavy atom. The van der Waals surface area contributed by atoms with Gasteiger partial charge in [0.05, 0.1) is 0 Å². The van der Waals surface area contributed by atoms with Crippen LogP contribution in [0.1, 0.15) is 19.3 Å². The summed E-state index contributed by atoms with van der Waals surface area (Å²) in [4.78, 5) is 21.3. The van der Waals surface area contributed by atoms with Gasteiger partial charge in [-0.3, -0.25) is 9.59 Å². The highest BCUT2D eigenvalue weighted by atomic mass is 27.0. The van der Waals surface area contributed by atoms with Crippen molar-refractivity contribution in [2.75, 3.05) is 0 Å². The second-order valence-electron chi connectivity index (χ2n) is 3.08. The average molecular weight is 156 g/mol. The second kappa shape index (κ2) is 2.37. The van der Waals surface area contributed by atoms with Crippen LogP contribution in [-0.4, -0.2) is 33.1 Å². The summed E-state index contributed by atoms with van der Waals surface area (Å²) in [6.07, 6.45) is 1.30. The molecule has 0 aromatic rings. The van der Waals surface area contributed by atoms with E-state index in [1.807, 2.05) is 0 Å². The highest BCUT2D eigenvalue weighted by Gasteiger charge is 2.39. The van der Waals surface area contributed by atoms with Gasteiger partial charge in [0.1, 0.15) is 5.78 Å². The molecule has 0 saturated heterocycles. The van der Waals surface area contributed by atoms with Crippen molar-refractivity contribution in [3.05, 3.63) is 0 Å². The van der Waals surface area contributed by atoms with Crippen LogP contribution in [0.4, 0.5) is 0 Å². The Hall–Kier alpha value is -0.328. The SMILES string of the molecule is O=C1CC[C]([AlH2])(C(=O)O)C1. The zero-order valence-corrected chi connectivity index (χ0v) is 7.89. The molecule has 0 aromatic heterocycles. The lowest BCUT2D eigenvalue weighted by Crippen LogP contribution is -2.20. The first-order valence-electron chi connectivity index (χ1n) is 3.30. The summed E-state index contributed by atoms with van der Waals surface area (Å²) in [5.41, 5.74) is 0. The monoisotopic (exact) mass is 156 g/mol. The van der Waals surface area contributed by atoms with Crippen LogP contribution in [0.3, 0.4) is 0 Å². The first-order chi connectivity index (χ1) is 4.54. The third-order valence-electron chi connectivity index (χ3n) is 2.06. The van der Waals surface area contributed by atoms with Crippen LogP contribution in [0.5, 0.6) is 0 Å². The van der Waals surface area contributed by atoms with Gasteiger partial charge in [-0.05, 0) is 6.42 Å². The van der Waals surface area contributed by atoms with Gasteiger partial charge >= 0.3 is 0 Å². The van der Waals surface area contributed by atoms with Gasteiger partial charge in [-0.15, -0.1) is 0 Å². The smallest absolute Gasteiger partial charge is 0.295 e. The summed E-state index contributed by atoms with van der Waals surface area (Å²) < 4.78 is -0.628. The Labute approximate surface area is 66.8 Å². The number of hydrogen-bond acceptors (Lipinski definition) is 2.